The van der Waals surface area contributed by atoms with Crippen molar-refractivity contribution in [1.29, 1.82) is 0 Å². The van der Waals surface area contributed by atoms with E-state index in [9.17, 15) is 9.59 Å². The van der Waals surface area contributed by atoms with E-state index < -0.39 is 11.8 Å². The number of imidazole rings is 1. The van der Waals surface area contributed by atoms with Crippen molar-refractivity contribution in [3.8, 4) is 0 Å². The van der Waals surface area contributed by atoms with Gasteiger partial charge in [0.2, 0.25) is 0 Å². The number of hydrazine groups is 1. The van der Waals surface area contributed by atoms with Gasteiger partial charge >= 0.3 is 0 Å². The Morgan fingerprint density at radius 3 is 2.68 bits per heavy atom. The molecule has 1 saturated heterocycles. The molecule has 0 radical (unpaired) electrons. The van der Waals surface area contributed by atoms with Crippen LogP contribution in [0.25, 0.3) is 5.65 Å². The monoisotopic (exact) mass is 400 g/mol. The van der Waals surface area contributed by atoms with Crippen molar-refractivity contribution in [3.05, 3.63) is 46.4 Å². The predicted octanol–water partition coefficient (Wildman–Crippen LogP) is 1.32. The van der Waals surface area contributed by atoms with Gasteiger partial charge in [-0.1, -0.05) is 11.3 Å². The highest BCUT2D eigenvalue weighted by atomic mass is 32.1. The number of ether oxygens (including phenoxy) is 1. The topological polar surface area (TPSA) is 101 Å². The number of amides is 2. The van der Waals surface area contributed by atoms with Gasteiger partial charge in [-0.15, -0.1) is 0 Å². The molecule has 0 bridgehead atoms. The fourth-order valence-corrected chi connectivity index (χ4v) is 3.92. The maximum absolute atomic E-state index is 12.5. The third-order valence-corrected chi connectivity index (χ3v) is 5.63. The van der Waals surface area contributed by atoms with E-state index >= 15 is 0 Å². The maximum Gasteiger partial charge on any atom is 0.289 e. The van der Waals surface area contributed by atoms with Gasteiger partial charge in [-0.3, -0.25) is 20.4 Å². The number of hydrogen-bond donors (Lipinski definition) is 2. The van der Waals surface area contributed by atoms with Crippen molar-refractivity contribution in [2.45, 2.75) is 13.8 Å². The van der Waals surface area contributed by atoms with Crippen LogP contribution in [-0.2, 0) is 4.74 Å². The molecule has 2 amide bonds. The standard InChI is InChI=1S/C18H20N6O3S/c1-11-3-4-24-10-13(20-14(24)9-11)16(25)21-22-17(26)15-12(2)19-18(28-15)23-5-7-27-8-6-23/h3-4,9-10H,5-8H2,1-2H3,(H,21,25)(H,22,26). The number of anilines is 1. The lowest BCUT2D eigenvalue weighted by molar-refractivity contribution is 0.0846. The summed E-state index contributed by atoms with van der Waals surface area (Å²) in [5, 5.41) is 0.785. The third-order valence-electron chi connectivity index (χ3n) is 4.41. The normalized spacial score (nSPS) is 14.3. The van der Waals surface area contributed by atoms with Gasteiger partial charge in [0, 0.05) is 25.5 Å². The van der Waals surface area contributed by atoms with Crippen LogP contribution in [0, 0.1) is 13.8 Å². The first-order valence-corrected chi connectivity index (χ1v) is 9.69. The Morgan fingerprint density at radius 1 is 1.14 bits per heavy atom. The Morgan fingerprint density at radius 2 is 1.89 bits per heavy atom. The molecule has 4 rings (SSSR count). The summed E-state index contributed by atoms with van der Waals surface area (Å²) in [5.74, 6) is -0.882. The molecule has 146 valence electrons. The fraction of sp³-hybridized carbons (Fsp3) is 0.333. The molecule has 9 nitrogen and oxygen atoms in total. The fourth-order valence-electron chi connectivity index (χ4n) is 2.91. The van der Waals surface area contributed by atoms with Gasteiger partial charge in [0.15, 0.2) is 5.13 Å². The number of aromatic nitrogens is 3. The molecular weight excluding hydrogens is 380 g/mol. The molecule has 0 saturated carbocycles. The molecule has 4 heterocycles. The summed E-state index contributed by atoms with van der Waals surface area (Å²) in [4.78, 5) is 36.1. The van der Waals surface area contributed by atoms with Crippen LogP contribution in [0.5, 0.6) is 0 Å². The van der Waals surface area contributed by atoms with Gasteiger partial charge < -0.3 is 14.0 Å². The van der Waals surface area contributed by atoms with Crippen LogP contribution in [0.1, 0.15) is 31.4 Å². The lowest BCUT2D eigenvalue weighted by atomic mass is 10.3. The van der Waals surface area contributed by atoms with Crippen molar-refractivity contribution in [1.82, 2.24) is 25.2 Å². The van der Waals surface area contributed by atoms with Crippen molar-refractivity contribution in [3.63, 3.8) is 0 Å². The number of hydrogen-bond acceptors (Lipinski definition) is 7. The van der Waals surface area contributed by atoms with Crippen LogP contribution >= 0.6 is 11.3 Å². The molecular formula is C18H20N6O3S. The quantitative estimate of drug-likeness (QED) is 0.643. The van der Waals surface area contributed by atoms with Gasteiger partial charge in [-0.2, -0.15) is 0 Å². The maximum atomic E-state index is 12.5. The highest BCUT2D eigenvalue weighted by Crippen LogP contribution is 2.26. The SMILES string of the molecule is Cc1ccn2cc(C(=O)NNC(=O)c3sc(N4CCOCC4)nc3C)nc2c1. The van der Waals surface area contributed by atoms with E-state index in [2.05, 4.69) is 25.7 Å². The number of rotatable bonds is 3. The van der Waals surface area contributed by atoms with Crippen LogP contribution in [0.2, 0.25) is 0 Å². The number of carbonyl (C=O) groups excluding carboxylic acids is 2. The van der Waals surface area contributed by atoms with Gasteiger partial charge in [0.05, 0.1) is 18.9 Å². The molecule has 1 fully saturated rings. The van der Waals surface area contributed by atoms with E-state index in [1.165, 1.54) is 11.3 Å². The van der Waals surface area contributed by atoms with E-state index in [-0.39, 0.29) is 5.69 Å². The molecule has 3 aromatic rings. The second kappa shape index (κ2) is 7.56. The van der Waals surface area contributed by atoms with Gasteiger partial charge in [-0.25, -0.2) is 9.97 Å². The smallest absolute Gasteiger partial charge is 0.289 e. The molecule has 2 N–H and O–H groups in total. The number of thiazole rings is 1. The van der Waals surface area contributed by atoms with Crippen LogP contribution in [-0.4, -0.2) is 52.5 Å². The second-order valence-electron chi connectivity index (χ2n) is 6.51. The molecule has 0 unspecified atom stereocenters. The summed E-state index contributed by atoms with van der Waals surface area (Å²) in [6, 6.07) is 3.81. The summed E-state index contributed by atoms with van der Waals surface area (Å²) < 4.78 is 7.10. The average Bonchev–Trinajstić information content (AvgIpc) is 3.29. The van der Waals surface area contributed by atoms with Crippen molar-refractivity contribution in [2.24, 2.45) is 0 Å². The van der Waals surface area contributed by atoms with E-state index in [0.29, 0.717) is 29.4 Å². The first kappa shape index (κ1) is 18.4. The van der Waals surface area contributed by atoms with E-state index in [1.807, 2.05) is 25.3 Å². The summed E-state index contributed by atoms with van der Waals surface area (Å²) in [6.07, 6.45) is 3.45. The minimum absolute atomic E-state index is 0.223. The Bertz CT molecular complexity index is 1040. The third kappa shape index (κ3) is 3.69. The molecule has 3 aromatic heterocycles. The van der Waals surface area contributed by atoms with Crippen molar-refractivity contribution >= 4 is 33.9 Å². The van der Waals surface area contributed by atoms with E-state index in [0.717, 1.165) is 23.8 Å². The number of nitrogens with one attached hydrogen (secondary N) is 2. The Balaban J connectivity index is 1.42. The Hall–Kier alpha value is -2.98. The predicted molar refractivity (Wildman–Crippen MR) is 105 cm³/mol. The van der Waals surface area contributed by atoms with E-state index in [1.54, 1.807) is 17.5 Å². The number of morpholine rings is 1. The van der Waals surface area contributed by atoms with Crippen LogP contribution in [0.15, 0.2) is 24.5 Å². The Labute approximate surface area is 165 Å². The van der Waals surface area contributed by atoms with Crippen LogP contribution in [0.4, 0.5) is 5.13 Å². The Kier molecular flexibility index (Phi) is 4.97. The molecule has 0 atom stereocenters. The second-order valence-corrected chi connectivity index (χ2v) is 7.49. The highest BCUT2D eigenvalue weighted by molar-refractivity contribution is 7.17. The first-order chi connectivity index (χ1) is 13.5. The van der Waals surface area contributed by atoms with Gasteiger partial charge in [0.1, 0.15) is 16.2 Å². The molecule has 0 spiro atoms. The summed E-state index contributed by atoms with van der Waals surface area (Å²) in [7, 11) is 0. The molecule has 0 aromatic carbocycles. The lowest BCUT2D eigenvalue weighted by Crippen LogP contribution is -2.41. The molecule has 1 aliphatic rings. The largest absolute Gasteiger partial charge is 0.378 e. The number of aryl methyl sites for hydroxylation is 2. The van der Waals surface area contributed by atoms with E-state index in [4.69, 9.17) is 4.74 Å². The zero-order valence-electron chi connectivity index (χ0n) is 15.6. The minimum atomic E-state index is -0.481. The molecule has 0 aliphatic carbocycles. The zero-order valence-corrected chi connectivity index (χ0v) is 16.4. The number of nitrogens with zero attached hydrogens (tertiary/aromatic N) is 4. The van der Waals surface area contributed by atoms with Crippen LogP contribution in [0.3, 0.4) is 0 Å². The number of fused-ring (bicyclic) bond motifs is 1. The molecule has 28 heavy (non-hydrogen) atoms. The minimum Gasteiger partial charge on any atom is -0.378 e. The number of carbonyl (C=O) groups is 2. The van der Waals surface area contributed by atoms with Gasteiger partial charge in [0.25, 0.3) is 11.8 Å². The molecule has 10 heteroatoms. The molecule has 1 aliphatic heterocycles. The summed E-state index contributed by atoms with van der Waals surface area (Å²) in [5.41, 5.74) is 7.44. The zero-order chi connectivity index (χ0) is 19.7. The van der Waals surface area contributed by atoms with Crippen LogP contribution < -0.4 is 15.8 Å². The summed E-state index contributed by atoms with van der Waals surface area (Å²) in [6.45, 7) is 6.53. The van der Waals surface area contributed by atoms with Crippen molar-refractivity contribution in [2.75, 3.05) is 31.2 Å². The van der Waals surface area contributed by atoms with Crippen molar-refractivity contribution < 1.29 is 14.3 Å². The average molecular weight is 400 g/mol. The van der Waals surface area contributed by atoms with Gasteiger partial charge in [-0.05, 0) is 31.5 Å². The number of pyridine rings is 1. The lowest BCUT2D eigenvalue weighted by Gasteiger charge is -2.25. The summed E-state index contributed by atoms with van der Waals surface area (Å²) >= 11 is 1.30. The first-order valence-electron chi connectivity index (χ1n) is 8.87. The highest BCUT2D eigenvalue weighted by Gasteiger charge is 2.21.